The molecule has 4 nitrogen and oxygen atoms in total. The number of hydrogen-bond acceptors (Lipinski definition) is 4. The van der Waals surface area contributed by atoms with Crippen molar-refractivity contribution < 1.29 is 9.47 Å². The summed E-state index contributed by atoms with van der Waals surface area (Å²) in [5.41, 5.74) is 7.41. The zero-order valence-electron chi connectivity index (χ0n) is 10.3. The van der Waals surface area contributed by atoms with E-state index in [1.165, 1.54) is 0 Å². The topological polar surface area (TPSA) is 57.4 Å². The van der Waals surface area contributed by atoms with Crippen molar-refractivity contribution in [3.05, 3.63) is 53.7 Å². The first-order valence-electron chi connectivity index (χ1n) is 5.74. The molecule has 0 bridgehead atoms. The molecule has 0 amide bonds. The molecule has 0 aliphatic carbocycles. The van der Waals surface area contributed by atoms with Gasteiger partial charge in [0.25, 0.3) is 5.88 Å². The molecule has 0 aliphatic heterocycles. The number of methoxy groups -OCH3 is 1. The lowest BCUT2D eigenvalue weighted by Crippen LogP contribution is -2.03. The molecule has 2 aromatic rings. The molecule has 0 spiro atoms. The molecule has 0 saturated carbocycles. The smallest absolute Gasteiger partial charge is 0.257 e. The predicted octanol–water partition coefficient (Wildman–Crippen LogP) is 2.13. The quantitative estimate of drug-likeness (QED) is 0.875. The van der Waals surface area contributed by atoms with E-state index in [0.29, 0.717) is 24.8 Å². The fourth-order valence-corrected chi connectivity index (χ4v) is 1.57. The highest BCUT2D eigenvalue weighted by Crippen LogP contribution is 2.25. The number of rotatable bonds is 5. The Balaban J connectivity index is 2.09. The van der Waals surface area contributed by atoms with Crippen LogP contribution in [-0.4, -0.2) is 12.1 Å². The maximum Gasteiger partial charge on any atom is 0.257 e. The van der Waals surface area contributed by atoms with Crippen LogP contribution in [0.4, 0.5) is 0 Å². The SMILES string of the molecule is COc1nc(CN)ccc1OCc1ccccc1. The number of ether oxygens (including phenoxy) is 2. The molecule has 94 valence electrons. The lowest BCUT2D eigenvalue weighted by molar-refractivity contribution is 0.278. The van der Waals surface area contributed by atoms with Crippen molar-refractivity contribution in [3.8, 4) is 11.6 Å². The maximum atomic E-state index is 5.69. The van der Waals surface area contributed by atoms with Crippen LogP contribution in [0.3, 0.4) is 0 Å². The van der Waals surface area contributed by atoms with E-state index in [1.54, 1.807) is 7.11 Å². The van der Waals surface area contributed by atoms with Crippen LogP contribution >= 0.6 is 0 Å². The highest BCUT2D eigenvalue weighted by molar-refractivity contribution is 5.35. The minimum atomic E-state index is 0.384. The number of hydrogen-bond donors (Lipinski definition) is 1. The second kappa shape index (κ2) is 6.02. The predicted molar refractivity (Wildman–Crippen MR) is 69.5 cm³/mol. The number of nitrogens with two attached hydrogens (primary N) is 1. The third-order valence-corrected chi connectivity index (χ3v) is 2.52. The molecule has 0 radical (unpaired) electrons. The first-order chi connectivity index (χ1) is 8.83. The molecule has 18 heavy (non-hydrogen) atoms. The standard InChI is InChI=1S/C14H16N2O2/c1-17-14-13(8-7-12(9-15)16-14)18-10-11-5-3-2-4-6-11/h2-8H,9-10,15H2,1H3. The van der Waals surface area contributed by atoms with Gasteiger partial charge in [-0.05, 0) is 17.7 Å². The number of benzene rings is 1. The van der Waals surface area contributed by atoms with Gasteiger partial charge < -0.3 is 15.2 Å². The van der Waals surface area contributed by atoms with Crippen molar-refractivity contribution in [3.63, 3.8) is 0 Å². The van der Waals surface area contributed by atoms with E-state index in [2.05, 4.69) is 4.98 Å². The zero-order chi connectivity index (χ0) is 12.8. The van der Waals surface area contributed by atoms with Gasteiger partial charge in [0.05, 0.1) is 12.8 Å². The second-order valence-electron chi connectivity index (χ2n) is 3.79. The fourth-order valence-electron chi connectivity index (χ4n) is 1.57. The Bertz CT molecular complexity index is 500. The van der Waals surface area contributed by atoms with Gasteiger partial charge >= 0.3 is 0 Å². The summed E-state index contributed by atoms with van der Waals surface area (Å²) in [6.07, 6.45) is 0. The summed E-state index contributed by atoms with van der Waals surface area (Å²) in [5.74, 6) is 1.09. The molecule has 0 saturated heterocycles. The zero-order valence-corrected chi connectivity index (χ0v) is 10.3. The van der Waals surface area contributed by atoms with Crippen molar-refractivity contribution in [2.24, 2.45) is 5.73 Å². The molecule has 1 heterocycles. The van der Waals surface area contributed by atoms with Crippen molar-refractivity contribution >= 4 is 0 Å². The average molecular weight is 244 g/mol. The van der Waals surface area contributed by atoms with Crippen molar-refractivity contribution in [1.29, 1.82) is 0 Å². The normalized spacial score (nSPS) is 10.1. The molecule has 4 heteroatoms. The minimum Gasteiger partial charge on any atom is -0.483 e. The van der Waals surface area contributed by atoms with Gasteiger partial charge in [0.2, 0.25) is 0 Å². The highest BCUT2D eigenvalue weighted by atomic mass is 16.5. The van der Waals surface area contributed by atoms with Crippen LogP contribution in [0.25, 0.3) is 0 Å². The summed E-state index contributed by atoms with van der Waals surface area (Å²) >= 11 is 0. The molecule has 2 rings (SSSR count). The molecule has 0 unspecified atom stereocenters. The number of pyridine rings is 1. The lowest BCUT2D eigenvalue weighted by atomic mass is 10.2. The minimum absolute atomic E-state index is 0.384. The van der Waals surface area contributed by atoms with E-state index in [4.69, 9.17) is 15.2 Å². The van der Waals surface area contributed by atoms with Crippen molar-refractivity contribution in [1.82, 2.24) is 4.98 Å². The van der Waals surface area contributed by atoms with E-state index in [1.807, 2.05) is 42.5 Å². The molecule has 0 atom stereocenters. The van der Waals surface area contributed by atoms with E-state index in [-0.39, 0.29) is 0 Å². The largest absolute Gasteiger partial charge is 0.483 e. The Morgan fingerprint density at radius 3 is 2.56 bits per heavy atom. The summed E-state index contributed by atoms with van der Waals surface area (Å²) in [5, 5.41) is 0. The Hall–Kier alpha value is -2.07. The second-order valence-corrected chi connectivity index (χ2v) is 3.79. The molecule has 1 aromatic carbocycles. The Labute approximate surface area is 106 Å². The summed E-state index contributed by atoms with van der Waals surface area (Å²) < 4.78 is 10.9. The highest BCUT2D eigenvalue weighted by Gasteiger charge is 2.07. The van der Waals surface area contributed by atoms with E-state index >= 15 is 0 Å². The molecule has 1 aromatic heterocycles. The number of aromatic nitrogens is 1. The average Bonchev–Trinajstić information content (AvgIpc) is 2.46. The molecule has 0 fully saturated rings. The maximum absolute atomic E-state index is 5.69. The van der Waals surface area contributed by atoms with Crippen LogP contribution in [0.5, 0.6) is 11.6 Å². The lowest BCUT2D eigenvalue weighted by Gasteiger charge is -2.10. The van der Waals surface area contributed by atoms with Gasteiger partial charge in [-0.3, -0.25) is 0 Å². The summed E-state index contributed by atoms with van der Waals surface area (Å²) in [7, 11) is 1.57. The third-order valence-electron chi connectivity index (χ3n) is 2.52. The Morgan fingerprint density at radius 1 is 1.11 bits per heavy atom. The Morgan fingerprint density at radius 2 is 1.89 bits per heavy atom. The van der Waals surface area contributed by atoms with Crippen molar-refractivity contribution in [2.45, 2.75) is 13.2 Å². The van der Waals surface area contributed by atoms with Crippen LogP contribution < -0.4 is 15.2 Å². The van der Waals surface area contributed by atoms with E-state index in [9.17, 15) is 0 Å². The van der Waals surface area contributed by atoms with Gasteiger partial charge in [-0.15, -0.1) is 0 Å². The summed E-state index contributed by atoms with van der Waals surface area (Å²) in [4.78, 5) is 4.25. The van der Waals surface area contributed by atoms with Gasteiger partial charge in [0.1, 0.15) is 6.61 Å². The van der Waals surface area contributed by atoms with Crippen molar-refractivity contribution in [2.75, 3.05) is 7.11 Å². The molecule has 2 N–H and O–H groups in total. The molecular weight excluding hydrogens is 228 g/mol. The van der Waals surface area contributed by atoms with Crippen LogP contribution in [0, 0.1) is 0 Å². The van der Waals surface area contributed by atoms with Crippen LogP contribution in [-0.2, 0) is 13.2 Å². The van der Waals surface area contributed by atoms with Gasteiger partial charge in [-0.2, -0.15) is 0 Å². The van der Waals surface area contributed by atoms with Gasteiger partial charge in [-0.25, -0.2) is 4.98 Å². The molecule has 0 aliphatic rings. The summed E-state index contributed by atoms with van der Waals surface area (Å²) in [6, 6.07) is 13.6. The monoisotopic (exact) mass is 244 g/mol. The van der Waals surface area contributed by atoms with Crippen LogP contribution in [0.15, 0.2) is 42.5 Å². The van der Waals surface area contributed by atoms with Crippen LogP contribution in [0.1, 0.15) is 11.3 Å². The fraction of sp³-hybridized carbons (Fsp3) is 0.214. The van der Waals surface area contributed by atoms with Crippen LogP contribution in [0.2, 0.25) is 0 Å². The van der Waals surface area contributed by atoms with Gasteiger partial charge in [-0.1, -0.05) is 30.3 Å². The van der Waals surface area contributed by atoms with E-state index in [0.717, 1.165) is 11.3 Å². The number of nitrogens with zero attached hydrogens (tertiary/aromatic N) is 1. The van der Waals surface area contributed by atoms with E-state index < -0.39 is 0 Å². The molecular formula is C14H16N2O2. The van der Waals surface area contributed by atoms with Gasteiger partial charge in [0.15, 0.2) is 5.75 Å². The van der Waals surface area contributed by atoms with Gasteiger partial charge in [0, 0.05) is 6.54 Å². The Kier molecular flexibility index (Phi) is 4.15. The first-order valence-corrected chi connectivity index (χ1v) is 5.74. The third kappa shape index (κ3) is 2.99. The summed E-state index contributed by atoms with van der Waals surface area (Å²) in [6.45, 7) is 0.871. The first kappa shape index (κ1) is 12.4.